The molecule has 23 heavy (non-hydrogen) atoms. The number of H-pyrrole nitrogens is 1. The van der Waals surface area contributed by atoms with E-state index in [0.29, 0.717) is 30.8 Å². The Hall–Kier alpha value is -2.64. The number of aliphatic carboxylic acids is 1. The molecule has 0 aromatic carbocycles. The number of nitrogens with one attached hydrogen (secondary N) is 1. The van der Waals surface area contributed by atoms with E-state index in [2.05, 4.69) is 15.1 Å². The molecule has 8 heteroatoms. The summed E-state index contributed by atoms with van der Waals surface area (Å²) in [5.41, 5.74) is 2.88. The summed E-state index contributed by atoms with van der Waals surface area (Å²) in [7, 11) is 0. The van der Waals surface area contributed by atoms with E-state index in [9.17, 15) is 14.7 Å². The predicted octanol–water partition coefficient (Wildman–Crippen LogP) is 1.16. The number of nitrogens with zero attached hydrogens (tertiary/aromatic N) is 3. The topological polar surface area (TPSA) is 112 Å². The number of carboxylic acid groups (broad SMARTS) is 1. The van der Waals surface area contributed by atoms with Crippen LogP contribution in [-0.2, 0) is 22.4 Å². The number of carboxylic acids is 1. The zero-order valence-electron chi connectivity index (χ0n) is 13.0. The van der Waals surface area contributed by atoms with Crippen molar-refractivity contribution in [2.75, 3.05) is 6.54 Å². The standard InChI is InChI=1S/C15H18N4O4/c1-8-10(9(2)23-18-8)3-4-12(20)19-6-5-11-13(17-7-16-11)14(19)15(21)22/h7,14H,3-6H2,1-2H3,(H,16,17)(H,21,22)/t14-/m0/s1. The van der Waals surface area contributed by atoms with Crippen molar-refractivity contribution in [3.05, 3.63) is 34.7 Å². The summed E-state index contributed by atoms with van der Waals surface area (Å²) in [6, 6.07) is -1.03. The maximum atomic E-state index is 12.5. The summed E-state index contributed by atoms with van der Waals surface area (Å²) in [5, 5.41) is 13.4. The van der Waals surface area contributed by atoms with Crippen LogP contribution in [0.15, 0.2) is 10.9 Å². The summed E-state index contributed by atoms with van der Waals surface area (Å²) in [6.45, 7) is 4.00. The molecule has 0 saturated heterocycles. The highest BCUT2D eigenvalue weighted by molar-refractivity contribution is 5.85. The zero-order chi connectivity index (χ0) is 16.6. The molecule has 0 aliphatic carbocycles. The maximum Gasteiger partial charge on any atom is 0.332 e. The Kier molecular flexibility index (Phi) is 3.89. The van der Waals surface area contributed by atoms with Crippen molar-refractivity contribution in [2.24, 2.45) is 0 Å². The van der Waals surface area contributed by atoms with Gasteiger partial charge in [-0.3, -0.25) is 4.79 Å². The van der Waals surface area contributed by atoms with E-state index < -0.39 is 12.0 Å². The number of carbonyl (C=O) groups is 2. The van der Waals surface area contributed by atoms with Crippen LogP contribution in [0.2, 0.25) is 0 Å². The van der Waals surface area contributed by atoms with Crippen molar-refractivity contribution < 1.29 is 19.2 Å². The first kappa shape index (κ1) is 15.3. The minimum atomic E-state index is -1.07. The number of amides is 1. The van der Waals surface area contributed by atoms with Gasteiger partial charge >= 0.3 is 5.97 Å². The lowest BCUT2D eigenvalue weighted by molar-refractivity contribution is -0.151. The van der Waals surface area contributed by atoms with Gasteiger partial charge in [0.05, 0.1) is 17.7 Å². The van der Waals surface area contributed by atoms with Crippen molar-refractivity contribution in [2.45, 2.75) is 39.2 Å². The smallest absolute Gasteiger partial charge is 0.332 e. The summed E-state index contributed by atoms with van der Waals surface area (Å²) < 4.78 is 5.09. The van der Waals surface area contributed by atoms with Crippen molar-refractivity contribution in [3.8, 4) is 0 Å². The van der Waals surface area contributed by atoms with E-state index in [1.807, 2.05) is 6.92 Å². The number of hydrogen-bond acceptors (Lipinski definition) is 5. The molecule has 0 saturated carbocycles. The lowest BCUT2D eigenvalue weighted by atomic mass is 10.0. The maximum absolute atomic E-state index is 12.5. The number of fused-ring (bicyclic) bond motifs is 1. The molecule has 2 N–H and O–H groups in total. The highest BCUT2D eigenvalue weighted by atomic mass is 16.5. The number of imidazole rings is 1. The average Bonchev–Trinajstić information content (AvgIpc) is 3.11. The average molecular weight is 318 g/mol. The summed E-state index contributed by atoms with van der Waals surface area (Å²) in [4.78, 5) is 32.5. The van der Waals surface area contributed by atoms with Crippen LogP contribution < -0.4 is 0 Å². The highest BCUT2D eigenvalue weighted by Gasteiger charge is 2.37. The Morgan fingerprint density at radius 1 is 1.48 bits per heavy atom. The van der Waals surface area contributed by atoms with Crippen LogP contribution in [0.5, 0.6) is 0 Å². The third-order valence-electron chi connectivity index (χ3n) is 4.25. The van der Waals surface area contributed by atoms with Crippen LogP contribution in [0, 0.1) is 13.8 Å². The minimum Gasteiger partial charge on any atom is -0.479 e. The first-order valence-electron chi connectivity index (χ1n) is 7.45. The summed E-state index contributed by atoms with van der Waals surface area (Å²) in [5.74, 6) is -0.576. The molecule has 0 fully saturated rings. The fourth-order valence-corrected chi connectivity index (χ4v) is 3.03. The summed E-state index contributed by atoms with van der Waals surface area (Å²) >= 11 is 0. The van der Waals surface area contributed by atoms with Gasteiger partial charge in [-0.25, -0.2) is 9.78 Å². The van der Waals surface area contributed by atoms with Gasteiger partial charge in [0.2, 0.25) is 5.91 Å². The van der Waals surface area contributed by atoms with Gasteiger partial charge in [-0.15, -0.1) is 0 Å². The van der Waals surface area contributed by atoms with Crippen LogP contribution in [0.25, 0.3) is 0 Å². The number of aromatic nitrogens is 3. The second kappa shape index (κ2) is 5.86. The molecule has 3 rings (SSSR count). The quantitative estimate of drug-likeness (QED) is 0.874. The third-order valence-corrected chi connectivity index (χ3v) is 4.25. The molecular formula is C15H18N4O4. The predicted molar refractivity (Wildman–Crippen MR) is 78.7 cm³/mol. The number of aromatic amines is 1. The van der Waals surface area contributed by atoms with Crippen molar-refractivity contribution in [3.63, 3.8) is 0 Å². The molecule has 0 unspecified atom stereocenters. The van der Waals surface area contributed by atoms with E-state index in [1.165, 1.54) is 11.2 Å². The fraction of sp³-hybridized carbons (Fsp3) is 0.467. The number of rotatable bonds is 4. The monoisotopic (exact) mass is 318 g/mol. The molecule has 122 valence electrons. The van der Waals surface area contributed by atoms with Gasteiger partial charge in [-0.2, -0.15) is 0 Å². The first-order chi connectivity index (χ1) is 11.0. The highest BCUT2D eigenvalue weighted by Crippen LogP contribution is 2.28. The molecule has 0 bridgehead atoms. The van der Waals surface area contributed by atoms with E-state index in [4.69, 9.17) is 4.52 Å². The molecule has 0 spiro atoms. The molecular weight excluding hydrogens is 300 g/mol. The van der Waals surface area contributed by atoms with Crippen molar-refractivity contribution in [1.29, 1.82) is 0 Å². The van der Waals surface area contributed by atoms with Gasteiger partial charge in [0, 0.05) is 30.6 Å². The lowest BCUT2D eigenvalue weighted by Gasteiger charge is -2.32. The van der Waals surface area contributed by atoms with Crippen LogP contribution in [-0.4, -0.2) is 43.6 Å². The van der Waals surface area contributed by atoms with Gasteiger partial charge in [0.25, 0.3) is 0 Å². The van der Waals surface area contributed by atoms with Crippen LogP contribution in [0.1, 0.15) is 40.9 Å². The SMILES string of the molecule is Cc1noc(C)c1CCC(=O)N1CCc2[nH]cnc2[C@H]1C(=O)O. The van der Waals surface area contributed by atoms with E-state index >= 15 is 0 Å². The molecule has 2 aromatic heterocycles. The van der Waals surface area contributed by atoms with Gasteiger partial charge in [-0.05, 0) is 20.3 Å². The van der Waals surface area contributed by atoms with Gasteiger partial charge in [-0.1, -0.05) is 5.16 Å². The van der Waals surface area contributed by atoms with Crippen LogP contribution >= 0.6 is 0 Å². The molecule has 8 nitrogen and oxygen atoms in total. The second-order valence-corrected chi connectivity index (χ2v) is 5.65. The second-order valence-electron chi connectivity index (χ2n) is 5.65. The zero-order valence-corrected chi connectivity index (χ0v) is 13.0. The van der Waals surface area contributed by atoms with Crippen LogP contribution in [0.4, 0.5) is 0 Å². The van der Waals surface area contributed by atoms with Crippen molar-refractivity contribution in [1.82, 2.24) is 20.0 Å². The summed E-state index contributed by atoms with van der Waals surface area (Å²) in [6.07, 6.45) is 2.75. The first-order valence-corrected chi connectivity index (χ1v) is 7.45. The fourth-order valence-electron chi connectivity index (χ4n) is 3.03. The van der Waals surface area contributed by atoms with Gasteiger partial charge in [0.1, 0.15) is 5.76 Å². The Morgan fingerprint density at radius 2 is 2.26 bits per heavy atom. The lowest BCUT2D eigenvalue weighted by Crippen LogP contribution is -2.43. The number of hydrogen-bond donors (Lipinski definition) is 2. The van der Waals surface area contributed by atoms with Gasteiger partial charge < -0.3 is 19.5 Å². The number of aryl methyl sites for hydroxylation is 2. The molecule has 2 aromatic rings. The van der Waals surface area contributed by atoms with Gasteiger partial charge in [0.15, 0.2) is 6.04 Å². The van der Waals surface area contributed by atoms with E-state index in [0.717, 1.165) is 17.0 Å². The van der Waals surface area contributed by atoms with E-state index in [-0.39, 0.29) is 12.3 Å². The van der Waals surface area contributed by atoms with Crippen LogP contribution in [0.3, 0.4) is 0 Å². The Bertz CT molecular complexity index is 729. The molecule has 1 aliphatic heterocycles. The normalized spacial score (nSPS) is 17.1. The number of carbonyl (C=O) groups excluding carboxylic acids is 1. The molecule has 1 amide bonds. The molecule has 1 atom stereocenters. The Labute approximate surface area is 132 Å². The van der Waals surface area contributed by atoms with E-state index in [1.54, 1.807) is 6.92 Å². The molecule has 3 heterocycles. The largest absolute Gasteiger partial charge is 0.479 e. The Balaban J connectivity index is 1.75. The molecule has 0 radical (unpaired) electrons. The third kappa shape index (κ3) is 2.71. The molecule has 1 aliphatic rings. The van der Waals surface area contributed by atoms with Crippen molar-refractivity contribution >= 4 is 11.9 Å². The Morgan fingerprint density at radius 3 is 2.91 bits per heavy atom. The minimum absolute atomic E-state index is 0.203.